The number of phenolic OH excluding ortho intramolecular Hbond substituents is 1. The molecule has 2 atom stereocenters. The molecule has 2 aliphatic heterocycles. The van der Waals surface area contributed by atoms with Crippen LogP contribution in [0.3, 0.4) is 0 Å². The van der Waals surface area contributed by atoms with Gasteiger partial charge in [0.1, 0.15) is 0 Å². The fourth-order valence-electron chi connectivity index (χ4n) is 3.77. The normalized spacial score (nSPS) is 26.8. The van der Waals surface area contributed by atoms with Gasteiger partial charge in [-0.2, -0.15) is 0 Å². The summed E-state index contributed by atoms with van der Waals surface area (Å²) in [5.41, 5.74) is 1.22. The second-order valence-electron chi connectivity index (χ2n) is 6.19. The first-order valence-corrected chi connectivity index (χ1v) is 8.12. The van der Waals surface area contributed by atoms with Gasteiger partial charge in [-0.15, -0.1) is 0 Å². The van der Waals surface area contributed by atoms with Crippen molar-refractivity contribution in [3.8, 4) is 11.5 Å². The molecule has 0 unspecified atom stereocenters. The van der Waals surface area contributed by atoms with Crippen LogP contribution < -0.4 is 4.74 Å². The van der Waals surface area contributed by atoms with Crippen LogP contribution in [0.5, 0.6) is 11.5 Å². The van der Waals surface area contributed by atoms with Crippen molar-refractivity contribution in [3.05, 3.63) is 23.8 Å². The van der Waals surface area contributed by atoms with Crippen molar-refractivity contribution in [2.75, 3.05) is 26.2 Å². The van der Waals surface area contributed by atoms with Crippen LogP contribution in [0.2, 0.25) is 0 Å². The molecule has 21 heavy (non-hydrogen) atoms. The molecular weight excluding hydrogens is 264 g/mol. The molecule has 0 aliphatic carbocycles. The van der Waals surface area contributed by atoms with Gasteiger partial charge in [-0.25, -0.2) is 0 Å². The summed E-state index contributed by atoms with van der Waals surface area (Å²) in [6.07, 6.45) is 2.67. The Labute approximate surface area is 127 Å². The van der Waals surface area contributed by atoms with Gasteiger partial charge in [-0.3, -0.25) is 9.80 Å². The number of fused-ring (bicyclic) bond motifs is 1. The topological polar surface area (TPSA) is 35.9 Å². The molecule has 4 nitrogen and oxygen atoms in total. The zero-order chi connectivity index (χ0) is 14.8. The van der Waals surface area contributed by atoms with Crippen LogP contribution in [-0.4, -0.2) is 53.2 Å². The van der Waals surface area contributed by atoms with E-state index in [1.807, 2.05) is 19.1 Å². The van der Waals surface area contributed by atoms with Gasteiger partial charge < -0.3 is 9.84 Å². The van der Waals surface area contributed by atoms with Crippen LogP contribution in [0.1, 0.15) is 32.3 Å². The average Bonchev–Trinajstić information content (AvgIpc) is 2.95. The fourth-order valence-corrected chi connectivity index (χ4v) is 3.77. The Balaban J connectivity index is 1.70. The number of nitrogens with zero attached hydrogens (tertiary/aromatic N) is 2. The number of rotatable bonds is 4. The van der Waals surface area contributed by atoms with Crippen molar-refractivity contribution in [1.82, 2.24) is 9.80 Å². The van der Waals surface area contributed by atoms with Gasteiger partial charge >= 0.3 is 0 Å². The number of phenols is 1. The molecule has 0 spiro atoms. The first-order valence-electron chi connectivity index (χ1n) is 8.12. The minimum Gasteiger partial charge on any atom is -0.504 e. The molecule has 2 fully saturated rings. The van der Waals surface area contributed by atoms with Gasteiger partial charge in [0.05, 0.1) is 6.61 Å². The molecule has 2 saturated heterocycles. The van der Waals surface area contributed by atoms with Crippen molar-refractivity contribution in [2.24, 2.45) is 0 Å². The van der Waals surface area contributed by atoms with Gasteiger partial charge in [0.25, 0.3) is 0 Å². The highest BCUT2D eigenvalue weighted by atomic mass is 16.5. The van der Waals surface area contributed by atoms with E-state index in [2.05, 4.69) is 16.7 Å². The van der Waals surface area contributed by atoms with Crippen LogP contribution >= 0.6 is 0 Å². The highest BCUT2D eigenvalue weighted by Gasteiger charge is 2.36. The van der Waals surface area contributed by atoms with Crippen molar-refractivity contribution in [3.63, 3.8) is 0 Å². The Morgan fingerprint density at radius 3 is 2.95 bits per heavy atom. The number of hydrogen-bond donors (Lipinski definition) is 1. The second kappa shape index (κ2) is 6.24. The Morgan fingerprint density at radius 1 is 1.29 bits per heavy atom. The summed E-state index contributed by atoms with van der Waals surface area (Å²) in [5.74, 6) is 0.830. The molecule has 1 N–H and O–H groups in total. The monoisotopic (exact) mass is 290 g/mol. The molecule has 4 heteroatoms. The summed E-state index contributed by atoms with van der Waals surface area (Å²) in [4.78, 5) is 5.21. The largest absolute Gasteiger partial charge is 0.504 e. The molecule has 1 aromatic carbocycles. The van der Waals surface area contributed by atoms with Gasteiger partial charge in [0.2, 0.25) is 0 Å². The van der Waals surface area contributed by atoms with E-state index in [0.717, 1.165) is 19.1 Å². The molecule has 0 saturated carbocycles. The summed E-state index contributed by atoms with van der Waals surface area (Å²) in [7, 11) is 0. The number of piperazine rings is 1. The Morgan fingerprint density at radius 2 is 2.14 bits per heavy atom. The van der Waals surface area contributed by atoms with Crippen LogP contribution in [0.25, 0.3) is 0 Å². The highest BCUT2D eigenvalue weighted by Crippen LogP contribution is 2.30. The predicted molar refractivity (Wildman–Crippen MR) is 83.7 cm³/mol. The van der Waals surface area contributed by atoms with Crippen molar-refractivity contribution in [2.45, 2.75) is 45.3 Å². The summed E-state index contributed by atoms with van der Waals surface area (Å²) < 4.78 is 5.49. The zero-order valence-electron chi connectivity index (χ0n) is 13.1. The average molecular weight is 290 g/mol. The minimum absolute atomic E-state index is 0.231. The molecule has 0 amide bonds. The Bertz CT molecular complexity index is 492. The highest BCUT2D eigenvalue weighted by molar-refractivity contribution is 5.41. The Hall–Kier alpha value is -1.26. The van der Waals surface area contributed by atoms with Gasteiger partial charge in [0, 0.05) is 31.7 Å². The lowest BCUT2D eigenvalue weighted by molar-refractivity contribution is 0.0470. The van der Waals surface area contributed by atoms with Crippen LogP contribution in [0.4, 0.5) is 0 Å². The molecule has 116 valence electrons. The number of ether oxygens (including phenoxy) is 1. The third-order valence-corrected chi connectivity index (χ3v) is 4.93. The number of aromatic hydroxyl groups is 1. The lowest BCUT2D eigenvalue weighted by Crippen LogP contribution is -2.55. The molecule has 0 bridgehead atoms. The fraction of sp³-hybridized carbons (Fsp3) is 0.647. The molecule has 2 aliphatic rings. The lowest BCUT2D eigenvalue weighted by atomic mass is 10.0. The van der Waals surface area contributed by atoms with E-state index in [9.17, 15) is 5.11 Å². The quantitative estimate of drug-likeness (QED) is 0.924. The van der Waals surface area contributed by atoms with Crippen LogP contribution in [-0.2, 0) is 6.54 Å². The Kier molecular flexibility index (Phi) is 4.36. The molecule has 0 radical (unpaired) electrons. The summed E-state index contributed by atoms with van der Waals surface area (Å²) in [6.45, 7) is 9.39. The summed E-state index contributed by atoms with van der Waals surface area (Å²) >= 11 is 0. The lowest BCUT2D eigenvalue weighted by Gasteiger charge is -2.43. The third-order valence-electron chi connectivity index (χ3n) is 4.93. The molecule has 3 rings (SSSR count). The minimum atomic E-state index is 0.231. The van der Waals surface area contributed by atoms with Crippen molar-refractivity contribution in [1.29, 1.82) is 0 Å². The van der Waals surface area contributed by atoms with E-state index < -0.39 is 0 Å². The summed E-state index contributed by atoms with van der Waals surface area (Å²) in [5, 5.41) is 9.80. The van der Waals surface area contributed by atoms with Crippen LogP contribution in [0.15, 0.2) is 18.2 Å². The first kappa shape index (κ1) is 14.7. The molecule has 1 aromatic rings. The first-order chi connectivity index (χ1) is 10.2. The maximum Gasteiger partial charge on any atom is 0.161 e. The predicted octanol–water partition coefficient (Wildman–Crippen LogP) is 2.46. The number of hydrogen-bond acceptors (Lipinski definition) is 4. The molecule has 0 aromatic heterocycles. The van der Waals surface area contributed by atoms with E-state index in [1.165, 1.54) is 31.5 Å². The standard InChI is InChI=1S/C17H26N2O2/c1-3-21-17-11-14(6-7-16(17)20)12-19-10-9-18-8-4-5-15(18)13(19)2/h6-7,11,13,15,20H,3-5,8-10,12H2,1-2H3/t13-,15+/m0/s1. The van der Waals surface area contributed by atoms with Crippen LogP contribution in [0, 0.1) is 0 Å². The molecule has 2 heterocycles. The SMILES string of the molecule is CCOc1cc(CN2CCN3CCC[C@@H]3[C@@H]2C)ccc1O. The van der Waals surface area contributed by atoms with Gasteiger partial charge in [-0.05, 0) is 50.9 Å². The smallest absolute Gasteiger partial charge is 0.161 e. The zero-order valence-corrected chi connectivity index (χ0v) is 13.1. The van der Waals surface area contributed by atoms with E-state index in [1.54, 1.807) is 6.07 Å². The van der Waals surface area contributed by atoms with Gasteiger partial charge in [0.15, 0.2) is 11.5 Å². The third kappa shape index (κ3) is 3.01. The number of benzene rings is 1. The van der Waals surface area contributed by atoms with Crippen molar-refractivity contribution < 1.29 is 9.84 Å². The van der Waals surface area contributed by atoms with E-state index in [4.69, 9.17) is 4.74 Å². The summed E-state index contributed by atoms with van der Waals surface area (Å²) in [6, 6.07) is 7.06. The second-order valence-corrected chi connectivity index (χ2v) is 6.19. The van der Waals surface area contributed by atoms with Gasteiger partial charge in [-0.1, -0.05) is 6.07 Å². The molecular formula is C17H26N2O2. The maximum atomic E-state index is 9.80. The van der Waals surface area contributed by atoms with E-state index in [0.29, 0.717) is 18.4 Å². The van der Waals surface area contributed by atoms with E-state index >= 15 is 0 Å². The van der Waals surface area contributed by atoms with Crippen molar-refractivity contribution >= 4 is 0 Å². The maximum absolute atomic E-state index is 9.80. The van der Waals surface area contributed by atoms with E-state index in [-0.39, 0.29) is 5.75 Å².